The van der Waals surface area contributed by atoms with E-state index in [0.717, 1.165) is 32.1 Å². The second-order valence-corrected chi connectivity index (χ2v) is 13.7. The smallest absolute Gasteiger partial charge is 0.306 e. The van der Waals surface area contributed by atoms with Gasteiger partial charge in [0, 0.05) is 17.8 Å². The van der Waals surface area contributed by atoms with E-state index in [9.17, 15) is 9.59 Å². The summed E-state index contributed by atoms with van der Waals surface area (Å²) in [5.41, 5.74) is 2.55. The Labute approximate surface area is 219 Å². The molecule has 1 aliphatic heterocycles. The van der Waals surface area contributed by atoms with Gasteiger partial charge in [0.05, 0.1) is 13.0 Å². The zero-order valence-corrected chi connectivity index (χ0v) is 23.9. The van der Waals surface area contributed by atoms with Crippen molar-refractivity contribution in [2.45, 2.75) is 106 Å². The van der Waals surface area contributed by atoms with Crippen LogP contribution in [0, 0.1) is 39.4 Å². The summed E-state index contributed by atoms with van der Waals surface area (Å²) < 4.78 is 11.7. The fraction of sp³-hybridized carbons (Fsp3) is 0.750. The van der Waals surface area contributed by atoms with Gasteiger partial charge in [-0.25, -0.2) is 0 Å². The molecule has 0 N–H and O–H groups in total. The lowest BCUT2D eigenvalue weighted by molar-refractivity contribution is -0.227. The molecule has 4 heteroatoms. The Morgan fingerprint density at radius 1 is 0.972 bits per heavy atom. The quantitative estimate of drug-likeness (QED) is 0.297. The molecule has 1 spiro atoms. The first-order valence-electron chi connectivity index (χ1n) is 14.1. The normalized spacial score (nSPS) is 42.0. The van der Waals surface area contributed by atoms with E-state index in [4.69, 9.17) is 9.47 Å². The third-order valence-corrected chi connectivity index (χ3v) is 11.1. The molecular weight excluding hydrogens is 448 g/mol. The molecule has 0 bridgehead atoms. The van der Waals surface area contributed by atoms with Crippen LogP contribution in [0.4, 0.5) is 0 Å². The number of allylic oxidation sites excluding steroid dienone is 6. The number of cyclic esters (lactones) is 1. The molecule has 4 rings (SSSR count). The largest absolute Gasteiger partial charge is 0.465 e. The molecule has 200 valence electrons. The van der Waals surface area contributed by atoms with Crippen molar-refractivity contribution in [2.24, 2.45) is 39.4 Å². The molecule has 1 saturated heterocycles. The maximum atomic E-state index is 12.7. The number of carbonyl (C=O) groups excluding carboxylic acids is 2. The van der Waals surface area contributed by atoms with Gasteiger partial charge >= 0.3 is 11.9 Å². The molecule has 36 heavy (non-hydrogen) atoms. The monoisotopic (exact) mass is 496 g/mol. The summed E-state index contributed by atoms with van der Waals surface area (Å²) in [6.45, 7) is 18.1. The van der Waals surface area contributed by atoms with Crippen molar-refractivity contribution in [3.8, 4) is 0 Å². The highest BCUT2D eigenvalue weighted by Gasteiger charge is 2.69. The maximum Gasteiger partial charge on any atom is 0.306 e. The van der Waals surface area contributed by atoms with Crippen LogP contribution in [0.5, 0.6) is 0 Å². The van der Waals surface area contributed by atoms with Crippen LogP contribution in [-0.2, 0) is 19.1 Å². The summed E-state index contributed by atoms with van der Waals surface area (Å²) in [5, 5.41) is 0. The van der Waals surface area contributed by atoms with Gasteiger partial charge in [-0.05, 0) is 87.9 Å². The summed E-state index contributed by atoms with van der Waals surface area (Å²) in [7, 11) is 0. The summed E-state index contributed by atoms with van der Waals surface area (Å²) in [4.78, 5) is 24.6. The van der Waals surface area contributed by atoms with Gasteiger partial charge < -0.3 is 9.47 Å². The van der Waals surface area contributed by atoms with Crippen LogP contribution in [0.3, 0.4) is 0 Å². The van der Waals surface area contributed by atoms with E-state index in [1.54, 1.807) is 0 Å². The molecule has 0 aromatic carbocycles. The van der Waals surface area contributed by atoms with E-state index in [1.165, 1.54) is 24.5 Å². The van der Waals surface area contributed by atoms with Crippen molar-refractivity contribution in [1.82, 2.24) is 0 Å². The van der Waals surface area contributed by atoms with Gasteiger partial charge in [0.25, 0.3) is 0 Å². The second kappa shape index (κ2) is 9.48. The van der Waals surface area contributed by atoms with Crippen molar-refractivity contribution in [1.29, 1.82) is 0 Å². The van der Waals surface area contributed by atoms with Crippen molar-refractivity contribution in [3.05, 3.63) is 35.5 Å². The first kappa shape index (κ1) is 27.2. The highest BCUT2D eigenvalue weighted by Crippen LogP contribution is 2.73. The first-order valence-corrected chi connectivity index (χ1v) is 14.1. The van der Waals surface area contributed by atoms with Gasteiger partial charge in [-0.2, -0.15) is 0 Å². The summed E-state index contributed by atoms with van der Waals surface area (Å²) in [6.07, 6.45) is 15.9. The van der Waals surface area contributed by atoms with Crippen molar-refractivity contribution >= 4 is 11.9 Å². The second-order valence-electron chi connectivity index (χ2n) is 13.7. The predicted molar refractivity (Wildman–Crippen MR) is 144 cm³/mol. The van der Waals surface area contributed by atoms with E-state index < -0.39 is 0 Å². The number of ether oxygens (including phenoxy) is 2. The number of fused-ring (bicyclic) bond motifs is 4. The minimum atomic E-state index is -0.167. The molecule has 7 atom stereocenters. The molecular formula is C32H48O4. The van der Waals surface area contributed by atoms with Gasteiger partial charge in [0.2, 0.25) is 0 Å². The van der Waals surface area contributed by atoms with E-state index >= 15 is 0 Å². The fourth-order valence-electron chi connectivity index (χ4n) is 9.41. The van der Waals surface area contributed by atoms with E-state index in [2.05, 4.69) is 72.8 Å². The van der Waals surface area contributed by atoms with Crippen LogP contribution in [0.25, 0.3) is 0 Å². The molecule has 0 radical (unpaired) electrons. The van der Waals surface area contributed by atoms with Crippen molar-refractivity contribution < 1.29 is 19.1 Å². The zero-order chi connectivity index (χ0) is 26.5. The molecule has 0 amide bonds. The predicted octanol–water partition coefficient (Wildman–Crippen LogP) is 7.59. The van der Waals surface area contributed by atoms with Crippen LogP contribution < -0.4 is 0 Å². The van der Waals surface area contributed by atoms with Gasteiger partial charge in [-0.3, -0.25) is 9.59 Å². The minimum Gasteiger partial charge on any atom is -0.465 e. The fourth-order valence-corrected chi connectivity index (χ4v) is 9.41. The van der Waals surface area contributed by atoms with E-state index in [-0.39, 0.29) is 39.7 Å². The summed E-state index contributed by atoms with van der Waals surface area (Å²) >= 11 is 0. The lowest BCUT2D eigenvalue weighted by atomic mass is 9.35. The molecule has 0 unspecified atom stereocenters. The zero-order valence-electron chi connectivity index (χ0n) is 23.9. The Kier molecular flexibility index (Phi) is 7.16. The first-order chi connectivity index (χ1) is 16.8. The SMILES string of the molecule is CC(=O)O[C@H]1CC[C@@]2(C)[C@H](CC[C@]3(C)[C@@H]2CC[C@H](/C=C(C)/C=C/C=C(C)C)[C@]32COC(=O)C2)C1(C)C. The molecule has 3 saturated carbocycles. The number of hydrogen-bond acceptors (Lipinski definition) is 4. The third-order valence-electron chi connectivity index (χ3n) is 11.1. The standard InChI is InChI=1S/C32H48O4/c1-21(2)10-9-11-22(3)18-24-12-13-26-30(7)16-15-27(36-23(4)33)29(5,6)25(30)14-17-31(26,8)32(24)19-28(34)35-20-32/h9-11,18,24-27H,12-17,19-20H2,1-8H3/b11-9+,22-18+/t24-,25-,26-,27+,30+,31-,32+/m1/s1. The molecule has 4 nitrogen and oxygen atoms in total. The molecule has 1 heterocycles. The number of carbonyl (C=O) groups is 2. The van der Waals surface area contributed by atoms with Gasteiger partial charge in [-0.15, -0.1) is 0 Å². The Bertz CT molecular complexity index is 982. The molecule has 0 aromatic heterocycles. The topological polar surface area (TPSA) is 52.6 Å². The van der Waals surface area contributed by atoms with Gasteiger partial charge in [-0.1, -0.05) is 63.1 Å². The molecule has 4 fully saturated rings. The minimum absolute atomic E-state index is 0.0164. The van der Waals surface area contributed by atoms with Crippen LogP contribution in [-0.4, -0.2) is 24.6 Å². The third kappa shape index (κ3) is 4.31. The van der Waals surface area contributed by atoms with E-state index in [0.29, 0.717) is 30.8 Å². The van der Waals surface area contributed by atoms with Gasteiger partial charge in [0.1, 0.15) is 6.10 Å². The Hall–Kier alpha value is -1.84. The van der Waals surface area contributed by atoms with E-state index in [1.807, 2.05) is 0 Å². The van der Waals surface area contributed by atoms with Crippen LogP contribution >= 0.6 is 0 Å². The lowest BCUT2D eigenvalue weighted by Gasteiger charge is -2.69. The van der Waals surface area contributed by atoms with Crippen LogP contribution in [0.15, 0.2) is 35.5 Å². The average molecular weight is 497 g/mol. The van der Waals surface area contributed by atoms with Crippen LogP contribution in [0.2, 0.25) is 0 Å². The number of rotatable bonds is 4. The van der Waals surface area contributed by atoms with Crippen LogP contribution in [0.1, 0.15) is 100 Å². The highest BCUT2D eigenvalue weighted by atomic mass is 16.5. The van der Waals surface area contributed by atoms with Crippen molar-refractivity contribution in [3.63, 3.8) is 0 Å². The lowest BCUT2D eigenvalue weighted by Crippen LogP contribution is -2.65. The average Bonchev–Trinajstić information content (AvgIpc) is 3.16. The summed E-state index contributed by atoms with van der Waals surface area (Å²) in [5.74, 6) is 1.17. The Balaban J connectivity index is 1.70. The Morgan fingerprint density at radius 2 is 1.69 bits per heavy atom. The molecule has 0 aromatic rings. The molecule has 4 aliphatic rings. The summed E-state index contributed by atoms with van der Waals surface area (Å²) in [6, 6.07) is 0. The Morgan fingerprint density at radius 3 is 2.31 bits per heavy atom. The van der Waals surface area contributed by atoms with Crippen molar-refractivity contribution in [2.75, 3.05) is 6.61 Å². The number of hydrogen-bond donors (Lipinski definition) is 0. The maximum absolute atomic E-state index is 12.7. The highest BCUT2D eigenvalue weighted by molar-refractivity contribution is 5.73. The van der Waals surface area contributed by atoms with Gasteiger partial charge in [0.15, 0.2) is 0 Å². The number of esters is 2. The molecule has 3 aliphatic carbocycles.